The lowest BCUT2D eigenvalue weighted by molar-refractivity contribution is 0.0741. The van der Waals surface area contributed by atoms with Crippen molar-refractivity contribution in [3.05, 3.63) is 27.0 Å². The van der Waals surface area contributed by atoms with Crippen LogP contribution in [-0.2, 0) is 0 Å². The normalized spacial score (nSPS) is 18.1. The predicted octanol–water partition coefficient (Wildman–Crippen LogP) is 3.66. The van der Waals surface area contributed by atoms with Gasteiger partial charge in [-0.2, -0.15) is 0 Å². The molecule has 0 aliphatic carbocycles. The van der Waals surface area contributed by atoms with Crippen LogP contribution in [0, 0.1) is 6.92 Å². The van der Waals surface area contributed by atoms with E-state index in [-0.39, 0.29) is 5.91 Å². The van der Waals surface area contributed by atoms with Crippen LogP contribution in [0.15, 0.2) is 12.1 Å². The Morgan fingerprint density at radius 3 is 3.00 bits per heavy atom. The van der Waals surface area contributed by atoms with E-state index in [1.807, 2.05) is 31.0 Å². The lowest BCUT2D eigenvalue weighted by Crippen LogP contribution is -2.40. The molecule has 4 nitrogen and oxygen atoms in total. The molecule has 1 aliphatic rings. The first-order chi connectivity index (χ1) is 10.6. The van der Waals surface area contributed by atoms with Gasteiger partial charge in [0.05, 0.1) is 14.9 Å². The number of amides is 1. The first kappa shape index (κ1) is 15.9. The van der Waals surface area contributed by atoms with Crippen LogP contribution in [0.25, 0.3) is 9.88 Å². The van der Waals surface area contributed by atoms with Gasteiger partial charge in [-0.25, -0.2) is 4.98 Å². The van der Waals surface area contributed by atoms with Crippen LogP contribution < -0.4 is 5.32 Å². The van der Waals surface area contributed by atoms with Gasteiger partial charge in [-0.05, 0) is 38.9 Å². The molecule has 1 atom stereocenters. The van der Waals surface area contributed by atoms with E-state index >= 15 is 0 Å². The summed E-state index contributed by atoms with van der Waals surface area (Å²) in [5, 5.41) is 4.05. The van der Waals surface area contributed by atoms with Crippen molar-refractivity contribution < 1.29 is 4.79 Å². The second kappa shape index (κ2) is 6.66. The zero-order valence-corrected chi connectivity index (χ0v) is 14.9. The molecule has 0 saturated carbocycles. The molecule has 2 aromatic rings. The quantitative estimate of drug-likeness (QED) is 0.910. The molecular formula is C15H18ClN3OS2. The zero-order chi connectivity index (χ0) is 15.7. The molecule has 3 rings (SSSR count). The number of likely N-dealkylation sites (tertiary alicyclic amines) is 1. The molecule has 1 fully saturated rings. The molecule has 7 heteroatoms. The van der Waals surface area contributed by atoms with Crippen molar-refractivity contribution >= 4 is 40.2 Å². The molecule has 22 heavy (non-hydrogen) atoms. The van der Waals surface area contributed by atoms with E-state index in [0.717, 1.165) is 50.7 Å². The van der Waals surface area contributed by atoms with Crippen LogP contribution in [0.1, 0.15) is 28.2 Å². The number of thiazole rings is 1. The third-order valence-electron chi connectivity index (χ3n) is 3.85. The summed E-state index contributed by atoms with van der Waals surface area (Å²) in [7, 11) is 1.93. The maximum atomic E-state index is 12.8. The highest BCUT2D eigenvalue weighted by atomic mass is 35.5. The summed E-state index contributed by atoms with van der Waals surface area (Å²) in [6.45, 7) is 3.59. The van der Waals surface area contributed by atoms with E-state index in [9.17, 15) is 4.79 Å². The van der Waals surface area contributed by atoms with E-state index in [0.29, 0.717) is 6.04 Å². The summed E-state index contributed by atoms with van der Waals surface area (Å²) in [4.78, 5) is 21.2. The van der Waals surface area contributed by atoms with Crippen LogP contribution >= 0.6 is 34.3 Å². The minimum Gasteiger partial charge on any atom is -0.334 e. The molecule has 118 valence electrons. The summed E-state index contributed by atoms with van der Waals surface area (Å²) in [6.07, 6.45) is 2.14. The number of likely N-dealkylation sites (N-methyl/N-ethyl adjacent to an activating group) is 1. The van der Waals surface area contributed by atoms with Crippen LogP contribution in [0.2, 0.25) is 4.34 Å². The second-order valence-corrected chi connectivity index (χ2v) is 8.10. The Morgan fingerprint density at radius 1 is 1.50 bits per heavy atom. The van der Waals surface area contributed by atoms with Gasteiger partial charge >= 0.3 is 0 Å². The molecule has 0 bridgehead atoms. The smallest absolute Gasteiger partial charge is 0.266 e. The molecule has 1 aliphatic heterocycles. The monoisotopic (exact) mass is 355 g/mol. The maximum absolute atomic E-state index is 12.8. The molecule has 1 saturated heterocycles. The highest BCUT2D eigenvalue weighted by molar-refractivity contribution is 7.24. The number of hydrogen-bond acceptors (Lipinski definition) is 5. The molecule has 1 unspecified atom stereocenters. The molecule has 0 spiro atoms. The lowest BCUT2D eigenvalue weighted by atomic mass is 10.2. The number of carbonyl (C=O) groups is 1. The number of nitrogens with zero attached hydrogens (tertiary/aromatic N) is 2. The number of aromatic nitrogens is 1. The van der Waals surface area contributed by atoms with E-state index in [2.05, 4.69) is 10.3 Å². The summed E-state index contributed by atoms with van der Waals surface area (Å²) in [6, 6.07) is 4.11. The second-order valence-electron chi connectivity index (χ2n) is 5.39. The number of carbonyl (C=O) groups excluding carboxylic acids is 1. The van der Waals surface area contributed by atoms with Gasteiger partial charge in [0.15, 0.2) is 0 Å². The van der Waals surface area contributed by atoms with Crippen molar-refractivity contribution in [2.24, 2.45) is 0 Å². The van der Waals surface area contributed by atoms with E-state index in [1.54, 1.807) is 0 Å². The first-order valence-corrected chi connectivity index (χ1v) is 9.30. The molecule has 1 N–H and O–H groups in total. The number of aryl methyl sites for hydroxylation is 1. The number of thiophene rings is 1. The lowest BCUT2D eigenvalue weighted by Gasteiger charge is -2.24. The van der Waals surface area contributed by atoms with Crippen LogP contribution in [0.3, 0.4) is 0 Å². The van der Waals surface area contributed by atoms with Crippen molar-refractivity contribution in [1.29, 1.82) is 0 Å². The topological polar surface area (TPSA) is 45.2 Å². The fraction of sp³-hybridized carbons (Fsp3) is 0.467. The zero-order valence-electron chi connectivity index (χ0n) is 12.6. The van der Waals surface area contributed by atoms with Crippen molar-refractivity contribution in [2.75, 3.05) is 20.1 Å². The Hall–Kier alpha value is -0.950. The van der Waals surface area contributed by atoms with Crippen molar-refractivity contribution in [2.45, 2.75) is 25.8 Å². The third kappa shape index (κ3) is 3.06. The third-order valence-corrected chi connectivity index (χ3v) is 6.40. The van der Waals surface area contributed by atoms with Gasteiger partial charge in [-0.15, -0.1) is 22.7 Å². The number of hydrogen-bond donors (Lipinski definition) is 1. The number of nitrogens with one attached hydrogen (secondary N) is 1. The Bertz CT molecular complexity index is 682. The Morgan fingerprint density at radius 2 is 2.32 bits per heavy atom. The molecule has 3 heterocycles. The Kier molecular flexibility index (Phi) is 4.82. The average Bonchev–Trinajstić information content (AvgIpc) is 3.18. The standard InChI is InChI=1S/C15H18ClN3OS2/c1-9-13(15(20)19-7-3-4-10(19)8-17-2)22-14(18-9)11-5-6-12(16)21-11/h5-6,10,17H,3-4,7-8H2,1-2H3. The van der Waals surface area contributed by atoms with Gasteiger partial charge in [-0.3, -0.25) is 4.79 Å². The number of rotatable bonds is 4. The number of halogens is 1. The van der Waals surface area contributed by atoms with E-state index < -0.39 is 0 Å². The first-order valence-electron chi connectivity index (χ1n) is 7.29. The highest BCUT2D eigenvalue weighted by Gasteiger charge is 2.31. The van der Waals surface area contributed by atoms with Crippen molar-refractivity contribution in [1.82, 2.24) is 15.2 Å². The molecular weight excluding hydrogens is 338 g/mol. The molecule has 2 aromatic heterocycles. The minimum absolute atomic E-state index is 0.113. The summed E-state index contributed by atoms with van der Waals surface area (Å²) >= 11 is 8.95. The largest absolute Gasteiger partial charge is 0.334 e. The van der Waals surface area contributed by atoms with Crippen molar-refractivity contribution in [3.8, 4) is 9.88 Å². The van der Waals surface area contributed by atoms with Crippen LogP contribution in [0.5, 0.6) is 0 Å². The summed E-state index contributed by atoms with van der Waals surface area (Å²) < 4.78 is 0.740. The van der Waals surface area contributed by atoms with Gasteiger partial charge < -0.3 is 10.2 Å². The fourth-order valence-corrected chi connectivity index (χ4v) is 4.93. The highest BCUT2D eigenvalue weighted by Crippen LogP contribution is 2.35. The van der Waals surface area contributed by atoms with Crippen LogP contribution in [0.4, 0.5) is 0 Å². The van der Waals surface area contributed by atoms with Gasteiger partial charge in [0.1, 0.15) is 9.88 Å². The van der Waals surface area contributed by atoms with Gasteiger partial charge in [0, 0.05) is 19.1 Å². The maximum Gasteiger partial charge on any atom is 0.266 e. The van der Waals surface area contributed by atoms with Crippen LogP contribution in [-0.4, -0.2) is 42.0 Å². The van der Waals surface area contributed by atoms with E-state index in [1.165, 1.54) is 22.7 Å². The van der Waals surface area contributed by atoms with Crippen molar-refractivity contribution in [3.63, 3.8) is 0 Å². The molecule has 1 amide bonds. The molecule has 0 aromatic carbocycles. The predicted molar refractivity (Wildman–Crippen MR) is 93.2 cm³/mol. The average molecular weight is 356 g/mol. The fourth-order valence-electron chi connectivity index (χ4n) is 2.81. The van der Waals surface area contributed by atoms with Gasteiger partial charge in [0.25, 0.3) is 5.91 Å². The van der Waals surface area contributed by atoms with E-state index in [4.69, 9.17) is 11.6 Å². The van der Waals surface area contributed by atoms with Gasteiger partial charge in [-0.1, -0.05) is 11.6 Å². The Labute approximate surface area is 143 Å². The van der Waals surface area contributed by atoms with Gasteiger partial charge in [0.2, 0.25) is 0 Å². The Balaban J connectivity index is 1.85. The summed E-state index contributed by atoms with van der Waals surface area (Å²) in [5.41, 5.74) is 0.810. The summed E-state index contributed by atoms with van der Waals surface area (Å²) in [5.74, 6) is 0.113. The SMILES string of the molecule is CNCC1CCCN1C(=O)c1sc(-c2ccc(Cl)s2)nc1C. The minimum atomic E-state index is 0.113. The molecule has 0 radical (unpaired) electrons.